The molecule has 0 aromatic carbocycles. The normalized spacial score (nSPS) is 19.4. The van der Waals surface area contributed by atoms with E-state index in [9.17, 15) is 0 Å². The Kier molecular flexibility index (Phi) is 3.78. The van der Waals surface area contributed by atoms with E-state index in [0.29, 0.717) is 12.1 Å². The van der Waals surface area contributed by atoms with Gasteiger partial charge in [0.2, 0.25) is 5.95 Å². The molecule has 5 heteroatoms. The number of nitrogens with one attached hydrogen (secondary N) is 1. The Morgan fingerprint density at radius 2 is 2.35 bits per heavy atom. The Hall–Kier alpha value is -1.36. The van der Waals surface area contributed by atoms with Crippen molar-refractivity contribution >= 4 is 11.8 Å². The summed E-state index contributed by atoms with van der Waals surface area (Å²) in [6.07, 6.45) is 2.66. The fraction of sp³-hybridized carbons (Fsp3) is 0.667. The molecule has 1 N–H and O–H groups in total. The van der Waals surface area contributed by atoms with Crippen LogP contribution in [0.1, 0.15) is 18.5 Å². The van der Waals surface area contributed by atoms with Gasteiger partial charge in [-0.05, 0) is 19.8 Å². The van der Waals surface area contributed by atoms with Gasteiger partial charge in [0.25, 0.3) is 0 Å². The molecule has 0 amide bonds. The van der Waals surface area contributed by atoms with Crippen molar-refractivity contribution in [1.82, 2.24) is 9.97 Å². The molecule has 94 valence electrons. The minimum absolute atomic E-state index is 0.341. The van der Waals surface area contributed by atoms with E-state index in [1.54, 1.807) is 0 Å². The highest BCUT2D eigenvalue weighted by atomic mass is 16.5. The molecule has 17 heavy (non-hydrogen) atoms. The Labute approximate surface area is 102 Å². The molecule has 0 saturated carbocycles. The van der Waals surface area contributed by atoms with Crippen molar-refractivity contribution in [3.05, 3.63) is 11.8 Å². The minimum Gasteiger partial charge on any atom is -0.376 e. The van der Waals surface area contributed by atoms with Crippen molar-refractivity contribution in [1.29, 1.82) is 0 Å². The van der Waals surface area contributed by atoms with Crippen LogP contribution in [0.2, 0.25) is 0 Å². The number of hydrogen-bond donors (Lipinski definition) is 1. The summed E-state index contributed by atoms with van der Waals surface area (Å²) in [5, 5.41) is 2.98. The lowest BCUT2D eigenvalue weighted by molar-refractivity contribution is 0.116. The molecule has 1 aliphatic heterocycles. The zero-order valence-electron chi connectivity index (χ0n) is 10.7. The number of aryl methyl sites for hydroxylation is 1. The van der Waals surface area contributed by atoms with Crippen LogP contribution in [-0.2, 0) is 4.74 Å². The SMILES string of the molecule is CNc1nc(C)cc(N(C)CC2CCCO2)n1. The first-order chi connectivity index (χ1) is 8.19. The van der Waals surface area contributed by atoms with Crippen LogP contribution in [0.25, 0.3) is 0 Å². The van der Waals surface area contributed by atoms with E-state index in [1.165, 1.54) is 6.42 Å². The zero-order valence-corrected chi connectivity index (χ0v) is 10.7. The van der Waals surface area contributed by atoms with Gasteiger partial charge in [-0.1, -0.05) is 0 Å². The molecule has 5 nitrogen and oxygen atoms in total. The summed E-state index contributed by atoms with van der Waals surface area (Å²) in [6, 6.07) is 2.00. The van der Waals surface area contributed by atoms with E-state index in [0.717, 1.165) is 31.1 Å². The van der Waals surface area contributed by atoms with Gasteiger partial charge in [-0.3, -0.25) is 0 Å². The molecule has 0 radical (unpaired) electrons. The third kappa shape index (κ3) is 3.06. The number of anilines is 2. The maximum Gasteiger partial charge on any atom is 0.224 e. The van der Waals surface area contributed by atoms with E-state index in [4.69, 9.17) is 4.74 Å². The van der Waals surface area contributed by atoms with Crippen molar-refractivity contribution in [3.8, 4) is 0 Å². The van der Waals surface area contributed by atoms with Crippen LogP contribution in [0.5, 0.6) is 0 Å². The van der Waals surface area contributed by atoms with Crippen LogP contribution in [-0.4, -0.2) is 43.3 Å². The first-order valence-electron chi connectivity index (χ1n) is 6.05. The molecule has 1 aromatic rings. The molecular formula is C12H20N4O. The second-order valence-electron chi connectivity index (χ2n) is 4.46. The predicted molar refractivity (Wildman–Crippen MR) is 68.6 cm³/mol. The number of hydrogen-bond acceptors (Lipinski definition) is 5. The summed E-state index contributed by atoms with van der Waals surface area (Å²) in [5.74, 6) is 1.61. The average Bonchev–Trinajstić information content (AvgIpc) is 2.81. The largest absolute Gasteiger partial charge is 0.376 e. The highest BCUT2D eigenvalue weighted by Crippen LogP contribution is 2.17. The zero-order chi connectivity index (χ0) is 12.3. The smallest absolute Gasteiger partial charge is 0.224 e. The molecule has 2 rings (SSSR count). The van der Waals surface area contributed by atoms with Crippen molar-refractivity contribution < 1.29 is 4.74 Å². The highest BCUT2D eigenvalue weighted by molar-refractivity contribution is 5.43. The first-order valence-corrected chi connectivity index (χ1v) is 6.05. The summed E-state index contributed by atoms with van der Waals surface area (Å²) in [4.78, 5) is 10.9. The van der Waals surface area contributed by atoms with Gasteiger partial charge in [-0.2, -0.15) is 4.98 Å². The van der Waals surface area contributed by atoms with Crippen molar-refractivity contribution in [2.24, 2.45) is 0 Å². The predicted octanol–water partition coefficient (Wildman–Crippen LogP) is 1.44. The van der Waals surface area contributed by atoms with Gasteiger partial charge in [0.05, 0.1) is 6.10 Å². The Bertz CT molecular complexity index is 377. The number of ether oxygens (including phenoxy) is 1. The van der Waals surface area contributed by atoms with Crippen LogP contribution >= 0.6 is 0 Å². The Morgan fingerprint density at radius 1 is 1.53 bits per heavy atom. The number of likely N-dealkylation sites (N-methyl/N-ethyl adjacent to an activating group) is 1. The number of aromatic nitrogens is 2. The van der Waals surface area contributed by atoms with Crippen LogP contribution in [0.15, 0.2) is 6.07 Å². The quantitative estimate of drug-likeness (QED) is 0.857. The monoisotopic (exact) mass is 236 g/mol. The van der Waals surface area contributed by atoms with Gasteiger partial charge in [-0.25, -0.2) is 4.98 Å². The Balaban J connectivity index is 2.06. The second kappa shape index (κ2) is 5.31. The summed E-state index contributed by atoms with van der Waals surface area (Å²) in [5.41, 5.74) is 0.971. The fourth-order valence-electron chi connectivity index (χ4n) is 2.05. The van der Waals surface area contributed by atoms with Crippen molar-refractivity contribution in [2.45, 2.75) is 25.9 Å². The fourth-order valence-corrected chi connectivity index (χ4v) is 2.05. The topological polar surface area (TPSA) is 50.3 Å². The summed E-state index contributed by atoms with van der Waals surface area (Å²) in [7, 11) is 3.88. The molecule has 2 heterocycles. The van der Waals surface area contributed by atoms with Crippen LogP contribution in [0.4, 0.5) is 11.8 Å². The first kappa shape index (κ1) is 12.1. The van der Waals surface area contributed by atoms with Gasteiger partial charge >= 0.3 is 0 Å². The highest BCUT2D eigenvalue weighted by Gasteiger charge is 2.18. The lowest BCUT2D eigenvalue weighted by Crippen LogP contribution is -2.29. The molecular weight excluding hydrogens is 216 g/mol. The molecule has 1 saturated heterocycles. The standard InChI is InChI=1S/C12H20N4O/c1-9-7-11(15-12(13-2)14-9)16(3)8-10-5-4-6-17-10/h7,10H,4-6,8H2,1-3H3,(H,13,14,15). The van der Waals surface area contributed by atoms with E-state index >= 15 is 0 Å². The maximum absolute atomic E-state index is 5.63. The third-order valence-corrected chi connectivity index (χ3v) is 2.96. The molecule has 1 aliphatic rings. The lowest BCUT2D eigenvalue weighted by atomic mass is 10.2. The molecule has 1 unspecified atom stereocenters. The van der Waals surface area contributed by atoms with E-state index < -0.39 is 0 Å². The third-order valence-electron chi connectivity index (χ3n) is 2.96. The van der Waals surface area contributed by atoms with Gasteiger partial charge in [0.1, 0.15) is 5.82 Å². The van der Waals surface area contributed by atoms with Crippen LogP contribution in [0.3, 0.4) is 0 Å². The Morgan fingerprint density at radius 3 is 3.00 bits per heavy atom. The average molecular weight is 236 g/mol. The summed E-state index contributed by atoms with van der Waals surface area (Å²) >= 11 is 0. The number of rotatable bonds is 4. The van der Waals surface area contributed by atoms with Crippen molar-refractivity contribution in [3.63, 3.8) is 0 Å². The molecule has 1 fully saturated rings. The van der Waals surface area contributed by atoms with Crippen molar-refractivity contribution in [2.75, 3.05) is 37.5 Å². The van der Waals surface area contributed by atoms with E-state index in [2.05, 4.69) is 20.2 Å². The molecule has 0 spiro atoms. The summed E-state index contributed by atoms with van der Waals surface area (Å²) < 4.78 is 5.63. The van der Waals surface area contributed by atoms with Gasteiger partial charge in [0.15, 0.2) is 0 Å². The number of nitrogens with zero attached hydrogens (tertiary/aromatic N) is 3. The molecule has 0 bridgehead atoms. The second-order valence-corrected chi connectivity index (χ2v) is 4.46. The van der Waals surface area contributed by atoms with Crippen LogP contribution < -0.4 is 10.2 Å². The van der Waals surface area contributed by atoms with Gasteiger partial charge in [-0.15, -0.1) is 0 Å². The summed E-state index contributed by atoms with van der Waals surface area (Å²) in [6.45, 7) is 3.76. The van der Waals surface area contributed by atoms with Gasteiger partial charge < -0.3 is 15.0 Å². The lowest BCUT2D eigenvalue weighted by Gasteiger charge is -2.22. The maximum atomic E-state index is 5.63. The molecule has 0 aliphatic carbocycles. The molecule has 1 atom stereocenters. The van der Waals surface area contributed by atoms with Crippen LogP contribution in [0, 0.1) is 6.92 Å². The van der Waals surface area contributed by atoms with E-state index in [-0.39, 0.29) is 0 Å². The minimum atomic E-state index is 0.341. The van der Waals surface area contributed by atoms with E-state index in [1.807, 2.05) is 27.1 Å². The van der Waals surface area contributed by atoms with Gasteiger partial charge in [0, 0.05) is 39.0 Å². The molecule has 1 aromatic heterocycles.